The van der Waals surface area contributed by atoms with Crippen molar-refractivity contribution in [3.8, 4) is 5.75 Å². The molecule has 0 radical (unpaired) electrons. The summed E-state index contributed by atoms with van der Waals surface area (Å²) in [5.41, 5.74) is 3.13. The molecule has 3 heteroatoms. The van der Waals surface area contributed by atoms with Crippen LogP contribution in [0.15, 0.2) is 57.7 Å². The fraction of sp³-hybridized carbons (Fsp3) is 0.211. The van der Waals surface area contributed by atoms with Crippen LogP contribution in [-0.2, 0) is 12.8 Å². The van der Waals surface area contributed by atoms with Crippen molar-refractivity contribution >= 4 is 11.0 Å². The van der Waals surface area contributed by atoms with Crippen LogP contribution in [0.25, 0.3) is 11.0 Å². The van der Waals surface area contributed by atoms with Crippen molar-refractivity contribution in [2.24, 2.45) is 0 Å². The van der Waals surface area contributed by atoms with Gasteiger partial charge in [-0.2, -0.15) is 0 Å². The Hall–Kier alpha value is -2.55. The van der Waals surface area contributed by atoms with E-state index in [1.807, 2.05) is 18.2 Å². The number of rotatable bonds is 1. The lowest BCUT2D eigenvalue weighted by Gasteiger charge is -2.25. The maximum absolute atomic E-state index is 12.3. The zero-order valence-electron chi connectivity index (χ0n) is 12.1. The van der Waals surface area contributed by atoms with Crippen molar-refractivity contribution in [1.82, 2.24) is 0 Å². The summed E-state index contributed by atoms with van der Waals surface area (Å²) in [6.45, 7) is 0. The van der Waals surface area contributed by atoms with Gasteiger partial charge in [0.15, 0.2) is 0 Å². The lowest BCUT2D eigenvalue weighted by atomic mass is 9.80. The second-order valence-electron chi connectivity index (χ2n) is 5.85. The van der Waals surface area contributed by atoms with E-state index in [1.165, 1.54) is 5.56 Å². The molecule has 1 atom stereocenters. The molecule has 1 aliphatic rings. The monoisotopic (exact) mass is 292 g/mol. The topological polar surface area (TPSA) is 50.4 Å². The van der Waals surface area contributed by atoms with Crippen molar-refractivity contribution < 1.29 is 9.52 Å². The fourth-order valence-corrected chi connectivity index (χ4v) is 3.50. The standard InChI is InChI=1S/C19H16O3/c20-16-7-4-8-17-18(16)14-10-9-13(11-15(14)19(21)22-17)12-5-2-1-3-6-12/h1-8,13,20H,9-11H2. The number of aromatic hydroxyl groups is 1. The average molecular weight is 292 g/mol. The third-order valence-corrected chi connectivity index (χ3v) is 4.58. The smallest absolute Gasteiger partial charge is 0.339 e. The summed E-state index contributed by atoms with van der Waals surface area (Å²) in [5, 5.41) is 10.8. The zero-order chi connectivity index (χ0) is 15.1. The van der Waals surface area contributed by atoms with E-state index in [1.54, 1.807) is 18.2 Å². The van der Waals surface area contributed by atoms with E-state index in [9.17, 15) is 9.90 Å². The summed E-state index contributed by atoms with van der Waals surface area (Å²) in [4.78, 5) is 12.3. The molecule has 3 aromatic rings. The predicted octanol–water partition coefficient (Wildman–Crippen LogP) is 3.77. The number of phenols is 1. The van der Waals surface area contributed by atoms with E-state index in [0.29, 0.717) is 28.9 Å². The Bertz CT molecular complexity index is 894. The van der Waals surface area contributed by atoms with E-state index in [2.05, 4.69) is 12.1 Å². The first-order valence-electron chi connectivity index (χ1n) is 7.55. The molecule has 2 aromatic carbocycles. The van der Waals surface area contributed by atoms with Crippen molar-refractivity contribution in [1.29, 1.82) is 0 Å². The first-order chi connectivity index (χ1) is 10.7. The molecule has 1 heterocycles. The van der Waals surface area contributed by atoms with Crippen LogP contribution in [0.5, 0.6) is 5.75 Å². The largest absolute Gasteiger partial charge is 0.507 e. The van der Waals surface area contributed by atoms with Crippen LogP contribution >= 0.6 is 0 Å². The summed E-state index contributed by atoms with van der Waals surface area (Å²) < 4.78 is 5.41. The maximum atomic E-state index is 12.3. The predicted molar refractivity (Wildman–Crippen MR) is 85.4 cm³/mol. The molecule has 0 aliphatic heterocycles. The van der Waals surface area contributed by atoms with Crippen molar-refractivity contribution in [3.05, 3.63) is 75.6 Å². The molecule has 1 N–H and O–H groups in total. The molecule has 1 aliphatic carbocycles. The Morgan fingerprint density at radius 1 is 1.00 bits per heavy atom. The molecular weight excluding hydrogens is 276 g/mol. The lowest BCUT2D eigenvalue weighted by Crippen LogP contribution is -2.21. The molecule has 0 spiro atoms. The molecule has 110 valence electrons. The summed E-state index contributed by atoms with van der Waals surface area (Å²) in [5.74, 6) is 0.524. The quantitative estimate of drug-likeness (QED) is 0.695. The summed E-state index contributed by atoms with van der Waals surface area (Å²) in [6, 6.07) is 15.3. The van der Waals surface area contributed by atoms with Crippen LogP contribution < -0.4 is 5.63 Å². The van der Waals surface area contributed by atoms with Crippen LogP contribution in [-0.4, -0.2) is 5.11 Å². The van der Waals surface area contributed by atoms with Gasteiger partial charge in [0.2, 0.25) is 0 Å². The first kappa shape index (κ1) is 13.1. The minimum absolute atomic E-state index is 0.190. The molecule has 0 saturated carbocycles. The number of hydrogen-bond donors (Lipinski definition) is 1. The first-order valence-corrected chi connectivity index (χ1v) is 7.55. The number of aryl methyl sites for hydroxylation is 1. The van der Waals surface area contributed by atoms with Crippen LogP contribution in [0.2, 0.25) is 0 Å². The second-order valence-corrected chi connectivity index (χ2v) is 5.85. The van der Waals surface area contributed by atoms with Gasteiger partial charge in [-0.1, -0.05) is 36.4 Å². The molecule has 0 amide bonds. The summed E-state index contributed by atoms with van der Waals surface area (Å²) >= 11 is 0. The minimum Gasteiger partial charge on any atom is -0.507 e. The Morgan fingerprint density at radius 2 is 1.82 bits per heavy atom. The zero-order valence-corrected chi connectivity index (χ0v) is 12.1. The van der Waals surface area contributed by atoms with Crippen molar-refractivity contribution in [2.75, 3.05) is 0 Å². The van der Waals surface area contributed by atoms with Gasteiger partial charge in [-0.3, -0.25) is 0 Å². The lowest BCUT2D eigenvalue weighted by molar-refractivity contribution is 0.473. The molecule has 0 fully saturated rings. The van der Waals surface area contributed by atoms with Gasteiger partial charge in [-0.15, -0.1) is 0 Å². The molecule has 1 unspecified atom stereocenters. The molecule has 4 rings (SSSR count). The third-order valence-electron chi connectivity index (χ3n) is 4.58. The molecule has 22 heavy (non-hydrogen) atoms. The summed E-state index contributed by atoms with van der Waals surface area (Å²) in [6.07, 6.45) is 2.43. The highest BCUT2D eigenvalue weighted by atomic mass is 16.4. The van der Waals surface area contributed by atoms with Gasteiger partial charge in [-0.05, 0) is 48.4 Å². The highest BCUT2D eigenvalue weighted by Gasteiger charge is 2.26. The molecular formula is C19H16O3. The van der Waals surface area contributed by atoms with Crippen molar-refractivity contribution in [3.63, 3.8) is 0 Å². The number of fused-ring (bicyclic) bond motifs is 3. The van der Waals surface area contributed by atoms with Crippen LogP contribution in [0.3, 0.4) is 0 Å². The Balaban J connectivity index is 1.86. The van der Waals surface area contributed by atoms with E-state index >= 15 is 0 Å². The molecule has 0 saturated heterocycles. The van der Waals surface area contributed by atoms with Gasteiger partial charge in [0.25, 0.3) is 0 Å². The SMILES string of the molecule is O=c1oc2cccc(O)c2c2c1CC(c1ccccc1)CC2. The van der Waals surface area contributed by atoms with E-state index in [-0.39, 0.29) is 11.4 Å². The number of phenolic OH excluding ortho intramolecular Hbond substituents is 1. The van der Waals surface area contributed by atoms with E-state index in [4.69, 9.17) is 4.42 Å². The molecule has 1 aromatic heterocycles. The van der Waals surface area contributed by atoms with Gasteiger partial charge in [0, 0.05) is 5.56 Å². The normalized spacial score (nSPS) is 17.4. The number of hydrogen-bond acceptors (Lipinski definition) is 3. The van der Waals surface area contributed by atoms with Gasteiger partial charge in [0.1, 0.15) is 11.3 Å². The Kier molecular flexibility index (Phi) is 3.00. The van der Waals surface area contributed by atoms with E-state index < -0.39 is 0 Å². The van der Waals surface area contributed by atoms with Gasteiger partial charge < -0.3 is 9.52 Å². The second kappa shape index (κ2) is 5.02. The molecule has 0 bridgehead atoms. The highest BCUT2D eigenvalue weighted by molar-refractivity contribution is 5.87. The Morgan fingerprint density at radius 3 is 2.64 bits per heavy atom. The fourth-order valence-electron chi connectivity index (χ4n) is 3.50. The van der Waals surface area contributed by atoms with Gasteiger partial charge in [-0.25, -0.2) is 4.79 Å². The third kappa shape index (κ3) is 2.01. The van der Waals surface area contributed by atoms with E-state index in [0.717, 1.165) is 18.4 Å². The minimum atomic E-state index is -0.270. The van der Waals surface area contributed by atoms with Crippen molar-refractivity contribution in [2.45, 2.75) is 25.2 Å². The summed E-state index contributed by atoms with van der Waals surface area (Å²) in [7, 11) is 0. The Labute approximate surface area is 127 Å². The van der Waals surface area contributed by atoms with Gasteiger partial charge in [0.05, 0.1) is 5.39 Å². The molecule has 3 nitrogen and oxygen atoms in total. The van der Waals surface area contributed by atoms with Gasteiger partial charge >= 0.3 is 5.63 Å². The highest BCUT2D eigenvalue weighted by Crippen LogP contribution is 2.37. The van der Waals surface area contributed by atoms with Crippen LogP contribution in [0.4, 0.5) is 0 Å². The van der Waals surface area contributed by atoms with Crippen LogP contribution in [0, 0.1) is 0 Å². The van der Waals surface area contributed by atoms with Crippen LogP contribution in [0.1, 0.15) is 29.0 Å². The number of benzene rings is 2. The average Bonchev–Trinajstić information content (AvgIpc) is 2.55. The maximum Gasteiger partial charge on any atom is 0.339 e.